The maximum Gasteiger partial charge on any atom is 0.407 e. The number of rotatable bonds is 6. The Bertz CT molecular complexity index is 1020. The Balaban J connectivity index is 1.31. The number of nitrogens with zero attached hydrogens (tertiary/aromatic N) is 1. The molecule has 8 heteroatoms. The highest BCUT2D eigenvalue weighted by Gasteiger charge is 2.41. The Morgan fingerprint density at radius 3 is 2.36 bits per heavy atom. The second kappa shape index (κ2) is 9.23. The first-order valence-electron chi connectivity index (χ1n) is 11.0. The summed E-state index contributed by atoms with van der Waals surface area (Å²) < 4.78 is 10.9. The van der Waals surface area contributed by atoms with Crippen molar-refractivity contribution in [1.82, 2.24) is 10.2 Å². The summed E-state index contributed by atoms with van der Waals surface area (Å²) in [6.45, 7) is 3.81. The fraction of sp³-hybridized carbons (Fsp3) is 0.400. The van der Waals surface area contributed by atoms with E-state index in [1.165, 1.54) is 11.8 Å². The zero-order valence-corrected chi connectivity index (χ0v) is 18.7. The molecule has 2 aromatic carbocycles. The number of fused-ring (bicyclic) bond motifs is 3. The third-order valence-corrected chi connectivity index (χ3v) is 6.27. The number of hydrogen-bond donors (Lipinski definition) is 2. The lowest BCUT2D eigenvalue weighted by Gasteiger charge is -2.37. The van der Waals surface area contributed by atoms with E-state index in [4.69, 9.17) is 9.47 Å². The molecule has 0 aromatic heterocycles. The average molecular weight is 453 g/mol. The Labute approximate surface area is 192 Å². The first-order chi connectivity index (χ1) is 15.8. The predicted molar refractivity (Wildman–Crippen MR) is 121 cm³/mol. The number of carbonyl (C=O) groups is 3. The summed E-state index contributed by atoms with van der Waals surface area (Å²) in [4.78, 5) is 37.9. The van der Waals surface area contributed by atoms with Gasteiger partial charge in [-0.25, -0.2) is 9.59 Å². The lowest BCUT2D eigenvalue weighted by Crippen LogP contribution is -2.56. The van der Waals surface area contributed by atoms with E-state index in [1.54, 1.807) is 6.92 Å². The van der Waals surface area contributed by atoms with Gasteiger partial charge in [0.25, 0.3) is 0 Å². The fourth-order valence-electron chi connectivity index (χ4n) is 4.50. The van der Waals surface area contributed by atoms with Gasteiger partial charge >= 0.3 is 12.1 Å². The number of hydrogen-bond acceptors (Lipinski definition) is 5. The maximum atomic E-state index is 12.6. The molecule has 1 fully saturated rings. The molecule has 0 spiro atoms. The highest BCUT2D eigenvalue weighted by atomic mass is 16.5. The molecule has 1 aliphatic carbocycles. The monoisotopic (exact) mass is 452 g/mol. The average Bonchev–Trinajstić information content (AvgIpc) is 3.11. The number of carboxylic acid groups (broad SMARTS) is 1. The van der Waals surface area contributed by atoms with Gasteiger partial charge in [0.05, 0.1) is 13.2 Å². The molecule has 0 saturated carbocycles. The standard InChI is InChI=1S/C25H28N2O6/c1-16(13-22(28)27-11-12-33-25(2,15-27)23(29)30)26-24(31)32-14-21-19-9-5-3-7-17(19)18-8-4-6-10-20(18)21/h3-10,16,21H,11-15H2,1-2H3,(H,26,31)(H,29,30)/t16-,25?/m0/s1. The van der Waals surface area contributed by atoms with Crippen LogP contribution in [0.5, 0.6) is 0 Å². The van der Waals surface area contributed by atoms with Gasteiger partial charge in [-0.05, 0) is 36.1 Å². The summed E-state index contributed by atoms with van der Waals surface area (Å²) in [6, 6.07) is 15.7. The van der Waals surface area contributed by atoms with Gasteiger partial charge in [0.1, 0.15) is 6.61 Å². The molecule has 0 bridgehead atoms. The molecule has 1 saturated heterocycles. The molecule has 2 aliphatic rings. The van der Waals surface area contributed by atoms with Crippen LogP contribution in [0.3, 0.4) is 0 Å². The van der Waals surface area contributed by atoms with E-state index in [-0.39, 0.29) is 38.0 Å². The predicted octanol–water partition coefficient (Wildman–Crippen LogP) is 3.01. The number of carboxylic acids is 1. The summed E-state index contributed by atoms with van der Waals surface area (Å²) in [5.74, 6) is -1.39. The van der Waals surface area contributed by atoms with Crippen molar-refractivity contribution in [3.8, 4) is 11.1 Å². The normalized spacial score (nSPS) is 20.5. The smallest absolute Gasteiger partial charge is 0.407 e. The van der Waals surface area contributed by atoms with E-state index < -0.39 is 23.7 Å². The largest absolute Gasteiger partial charge is 0.479 e. The third kappa shape index (κ3) is 4.71. The van der Waals surface area contributed by atoms with Crippen LogP contribution in [0.4, 0.5) is 4.79 Å². The number of carbonyl (C=O) groups excluding carboxylic acids is 2. The Morgan fingerprint density at radius 2 is 1.76 bits per heavy atom. The van der Waals surface area contributed by atoms with Crippen LogP contribution in [0.1, 0.15) is 37.3 Å². The highest BCUT2D eigenvalue weighted by Crippen LogP contribution is 2.44. The van der Waals surface area contributed by atoms with E-state index in [2.05, 4.69) is 29.6 Å². The van der Waals surface area contributed by atoms with Crippen molar-refractivity contribution in [2.45, 2.75) is 37.8 Å². The van der Waals surface area contributed by atoms with Crippen molar-refractivity contribution in [2.24, 2.45) is 0 Å². The van der Waals surface area contributed by atoms with Gasteiger partial charge in [0, 0.05) is 24.9 Å². The number of alkyl carbamates (subject to hydrolysis) is 1. The Hall–Kier alpha value is -3.39. The van der Waals surface area contributed by atoms with Crippen molar-refractivity contribution in [3.05, 3.63) is 59.7 Å². The van der Waals surface area contributed by atoms with Crippen LogP contribution in [0.25, 0.3) is 11.1 Å². The molecule has 1 heterocycles. The third-order valence-electron chi connectivity index (χ3n) is 6.27. The maximum absolute atomic E-state index is 12.6. The van der Waals surface area contributed by atoms with Crippen molar-refractivity contribution in [2.75, 3.05) is 26.3 Å². The minimum absolute atomic E-state index is 0.0289. The van der Waals surface area contributed by atoms with E-state index in [0.29, 0.717) is 6.54 Å². The summed E-state index contributed by atoms with van der Waals surface area (Å²) in [6.07, 6.45) is -0.547. The first-order valence-corrected chi connectivity index (χ1v) is 11.0. The number of nitrogens with one attached hydrogen (secondary N) is 1. The molecule has 2 amide bonds. The summed E-state index contributed by atoms with van der Waals surface area (Å²) in [7, 11) is 0. The molecule has 2 N–H and O–H groups in total. The van der Waals surface area contributed by atoms with Gasteiger partial charge in [0.15, 0.2) is 5.60 Å². The van der Waals surface area contributed by atoms with Crippen LogP contribution < -0.4 is 5.32 Å². The summed E-state index contributed by atoms with van der Waals surface area (Å²) in [5, 5.41) is 12.0. The van der Waals surface area contributed by atoms with Crippen LogP contribution in [-0.4, -0.2) is 65.9 Å². The van der Waals surface area contributed by atoms with Crippen molar-refractivity contribution in [3.63, 3.8) is 0 Å². The van der Waals surface area contributed by atoms with Crippen molar-refractivity contribution < 1.29 is 29.0 Å². The SMILES string of the molecule is C[C@@H](CC(=O)N1CCOC(C)(C(=O)O)C1)NC(=O)OCC1c2ccccc2-c2ccccc21. The second-order valence-electron chi connectivity index (χ2n) is 8.77. The molecule has 4 rings (SSSR count). The van der Waals surface area contributed by atoms with Crippen molar-refractivity contribution >= 4 is 18.0 Å². The number of ether oxygens (including phenoxy) is 2. The highest BCUT2D eigenvalue weighted by molar-refractivity contribution is 5.82. The Morgan fingerprint density at radius 1 is 1.15 bits per heavy atom. The van der Waals surface area contributed by atoms with Gasteiger partial charge in [-0.1, -0.05) is 48.5 Å². The fourth-order valence-corrected chi connectivity index (χ4v) is 4.50. The van der Waals surface area contributed by atoms with E-state index in [1.807, 2.05) is 24.3 Å². The zero-order chi connectivity index (χ0) is 23.6. The molecule has 0 radical (unpaired) electrons. The molecular formula is C25H28N2O6. The number of aliphatic carboxylic acids is 1. The number of morpholine rings is 1. The molecule has 2 atom stereocenters. The summed E-state index contributed by atoms with van der Waals surface area (Å²) in [5.41, 5.74) is 3.14. The van der Waals surface area contributed by atoms with Crippen molar-refractivity contribution in [1.29, 1.82) is 0 Å². The minimum Gasteiger partial charge on any atom is -0.479 e. The number of benzene rings is 2. The lowest BCUT2D eigenvalue weighted by atomic mass is 9.98. The molecule has 8 nitrogen and oxygen atoms in total. The zero-order valence-electron chi connectivity index (χ0n) is 18.7. The Kier molecular flexibility index (Phi) is 6.37. The van der Waals surface area contributed by atoms with Crippen LogP contribution in [0.15, 0.2) is 48.5 Å². The van der Waals surface area contributed by atoms with Gasteiger partial charge in [-0.3, -0.25) is 4.79 Å². The van der Waals surface area contributed by atoms with Crippen LogP contribution in [-0.2, 0) is 19.1 Å². The van der Waals surface area contributed by atoms with Crippen LogP contribution in [0.2, 0.25) is 0 Å². The first kappa shape index (κ1) is 22.8. The second-order valence-corrected chi connectivity index (χ2v) is 8.77. The van der Waals surface area contributed by atoms with Gasteiger partial charge in [0.2, 0.25) is 5.91 Å². The van der Waals surface area contributed by atoms with Gasteiger partial charge in [-0.15, -0.1) is 0 Å². The quantitative estimate of drug-likeness (QED) is 0.698. The van der Waals surface area contributed by atoms with E-state index in [9.17, 15) is 19.5 Å². The lowest BCUT2D eigenvalue weighted by molar-refractivity contribution is -0.177. The molecule has 1 unspecified atom stereocenters. The summed E-state index contributed by atoms with van der Waals surface area (Å²) >= 11 is 0. The van der Waals surface area contributed by atoms with Gasteiger partial charge < -0.3 is 24.8 Å². The number of amides is 2. The van der Waals surface area contributed by atoms with Gasteiger partial charge in [-0.2, -0.15) is 0 Å². The topological polar surface area (TPSA) is 105 Å². The molecule has 33 heavy (non-hydrogen) atoms. The molecule has 174 valence electrons. The molecule has 2 aromatic rings. The van der Waals surface area contributed by atoms with E-state index in [0.717, 1.165) is 22.3 Å². The molecule has 1 aliphatic heterocycles. The minimum atomic E-state index is -1.42. The van der Waals surface area contributed by atoms with E-state index >= 15 is 0 Å². The van der Waals surface area contributed by atoms with Crippen LogP contribution in [0, 0.1) is 0 Å². The van der Waals surface area contributed by atoms with Crippen LogP contribution >= 0.6 is 0 Å². The molecular weight excluding hydrogens is 424 g/mol.